The summed E-state index contributed by atoms with van der Waals surface area (Å²) in [5, 5.41) is 12.2. The molecular weight excluding hydrogens is 645 g/mol. The Hall–Kier alpha value is -7.17. The highest BCUT2D eigenvalue weighted by Gasteiger charge is 2.20. The third-order valence-corrected chi connectivity index (χ3v) is 10.6. The summed E-state index contributed by atoms with van der Waals surface area (Å²) in [4.78, 5) is 15.1. The van der Waals surface area contributed by atoms with E-state index in [2.05, 4.69) is 126 Å². The molecule has 11 aromatic rings. The summed E-state index contributed by atoms with van der Waals surface area (Å²) in [7, 11) is 0. The number of benzene rings is 9. The number of para-hydroxylation sites is 1. The third kappa shape index (κ3) is 4.59. The molecule has 0 fully saturated rings. The lowest BCUT2D eigenvalue weighted by Crippen LogP contribution is -2.00. The Morgan fingerprint density at radius 1 is 0.302 bits per heavy atom. The Bertz CT molecular complexity index is 3160. The van der Waals surface area contributed by atoms with Crippen molar-refractivity contribution < 1.29 is 0 Å². The molecule has 0 bridgehead atoms. The normalized spacial score (nSPS) is 11.8. The fourth-order valence-electron chi connectivity index (χ4n) is 8.25. The molecule has 9 aromatic carbocycles. The van der Waals surface area contributed by atoms with Crippen molar-refractivity contribution in [2.75, 3.05) is 0 Å². The maximum atomic E-state index is 5.07. The van der Waals surface area contributed by atoms with E-state index in [4.69, 9.17) is 15.0 Å². The predicted octanol–water partition coefficient (Wildman–Crippen LogP) is 12.6. The number of nitrogens with zero attached hydrogens (tertiary/aromatic N) is 4. The van der Waals surface area contributed by atoms with E-state index in [1.165, 1.54) is 59.5 Å². The highest BCUT2D eigenvalue weighted by atomic mass is 15.0. The Balaban J connectivity index is 1.21. The summed E-state index contributed by atoms with van der Waals surface area (Å²) in [6.07, 6.45) is 0. The molecule has 2 heterocycles. The summed E-state index contributed by atoms with van der Waals surface area (Å²) < 4.78 is 2.46. The van der Waals surface area contributed by atoms with E-state index in [1.807, 2.05) is 60.7 Å². The lowest BCUT2D eigenvalue weighted by Gasteiger charge is -2.17. The number of hydrogen-bond acceptors (Lipinski definition) is 3. The average molecular weight is 675 g/mol. The molecule has 0 N–H and O–H groups in total. The van der Waals surface area contributed by atoms with Crippen LogP contribution in [-0.4, -0.2) is 19.5 Å². The Morgan fingerprint density at radius 3 is 1.58 bits per heavy atom. The molecule has 0 saturated carbocycles. The van der Waals surface area contributed by atoms with Crippen LogP contribution in [0.2, 0.25) is 0 Å². The number of rotatable bonds is 4. The molecule has 246 valence electrons. The average Bonchev–Trinajstić information content (AvgIpc) is 3.58. The van der Waals surface area contributed by atoms with Crippen LogP contribution in [0.3, 0.4) is 0 Å². The van der Waals surface area contributed by atoms with Crippen LogP contribution < -0.4 is 0 Å². The van der Waals surface area contributed by atoms with Crippen molar-refractivity contribution in [2.24, 2.45) is 0 Å². The van der Waals surface area contributed by atoms with E-state index >= 15 is 0 Å². The van der Waals surface area contributed by atoms with Crippen molar-refractivity contribution in [3.63, 3.8) is 0 Å². The van der Waals surface area contributed by atoms with Crippen LogP contribution in [0.25, 0.3) is 105 Å². The first-order valence-corrected chi connectivity index (χ1v) is 18.0. The van der Waals surface area contributed by atoms with Gasteiger partial charge >= 0.3 is 0 Å². The van der Waals surface area contributed by atoms with Crippen molar-refractivity contribution in [2.45, 2.75) is 0 Å². The summed E-state index contributed by atoms with van der Waals surface area (Å²) in [6.45, 7) is 0. The first kappa shape index (κ1) is 29.5. The molecule has 0 aliphatic carbocycles. The SMILES string of the molecule is c1ccc(-c2nc(-c3ccccc3)nc(-c3ccc4c5ccccc5c5c(-n6c7ccccc7c7c8ccccc8ccc76)cccc5c4c3)n2)cc1. The van der Waals surface area contributed by atoms with Crippen molar-refractivity contribution in [3.05, 3.63) is 182 Å². The first-order chi connectivity index (χ1) is 26.3. The van der Waals surface area contributed by atoms with Crippen LogP contribution in [0.1, 0.15) is 0 Å². The molecule has 4 heteroatoms. The van der Waals surface area contributed by atoms with E-state index in [0.29, 0.717) is 17.5 Å². The number of fused-ring (bicyclic) bond motifs is 11. The van der Waals surface area contributed by atoms with Gasteiger partial charge in [-0.3, -0.25) is 0 Å². The van der Waals surface area contributed by atoms with Gasteiger partial charge in [0.1, 0.15) is 0 Å². The van der Waals surface area contributed by atoms with Crippen LogP contribution in [0.15, 0.2) is 182 Å². The Morgan fingerprint density at radius 2 is 0.849 bits per heavy atom. The third-order valence-electron chi connectivity index (χ3n) is 10.6. The molecule has 11 rings (SSSR count). The summed E-state index contributed by atoms with van der Waals surface area (Å²) in [5.41, 5.74) is 6.40. The van der Waals surface area contributed by atoms with E-state index in [1.54, 1.807) is 0 Å². The first-order valence-electron chi connectivity index (χ1n) is 18.0. The van der Waals surface area contributed by atoms with Gasteiger partial charge in [0.05, 0.1) is 16.7 Å². The largest absolute Gasteiger partial charge is 0.309 e. The van der Waals surface area contributed by atoms with Crippen molar-refractivity contribution in [1.82, 2.24) is 19.5 Å². The van der Waals surface area contributed by atoms with Gasteiger partial charge < -0.3 is 4.57 Å². The van der Waals surface area contributed by atoms with Crippen molar-refractivity contribution in [3.8, 4) is 39.9 Å². The maximum absolute atomic E-state index is 5.07. The standard InChI is InChI=1S/C49H30N4/c1-3-15-32(16-4-1)47-50-48(33-17-5-2-6-18-33)52-49(51-47)34-26-28-37-36-20-9-10-21-38(36)46-39(41(37)30-34)23-13-25-43(46)53-42-24-12-11-22-40(42)45-35-19-8-7-14-31(35)27-29-44(45)53/h1-30H. The zero-order chi connectivity index (χ0) is 34.9. The molecule has 0 unspecified atom stereocenters. The van der Waals surface area contributed by atoms with Crippen LogP contribution in [-0.2, 0) is 0 Å². The van der Waals surface area contributed by atoms with Gasteiger partial charge in [-0.05, 0) is 62.0 Å². The maximum Gasteiger partial charge on any atom is 0.164 e. The summed E-state index contributed by atoms with van der Waals surface area (Å²) in [6, 6.07) is 64.5. The van der Waals surface area contributed by atoms with Crippen LogP contribution in [0, 0.1) is 0 Å². The van der Waals surface area contributed by atoms with E-state index in [9.17, 15) is 0 Å². The van der Waals surface area contributed by atoms with Crippen LogP contribution in [0.4, 0.5) is 0 Å². The van der Waals surface area contributed by atoms with Gasteiger partial charge in [-0.1, -0.05) is 158 Å². The lowest BCUT2D eigenvalue weighted by molar-refractivity contribution is 1.07. The van der Waals surface area contributed by atoms with Crippen LogP contribution >= 0.6 is 0 Å². The van der Waals surface area contributed by atoms with E-state index < -0.39 is 0 Å². The molecule has 0 atom stereocenters. The van der Waals surface area contributed by atoms with E-state index in [0.717, 1.165) is 27.8 Å². The molecule has 0 saturated heterocycles. The van der Waals surface area contributed by atoms with Gasteiger partial charge in [0.15, 0.2) is 17.5 Å². The van der Waals surface area contributed by atoms with Crippen molar-refractivity contribution in [1.29, 1.82) is 0 Å². The second-order valence-corrected chi connectivity index (χ2v) is 13.6. The zero-order valence-electron chi connectivity index (χ0n) is 28.6. The smallest absolute Gasteiger partial charge is 0.164 e. The topological polar surface area (TPSA) is 43.6 Å². The van der Waals surface area contributed by atoms with Gasteiger partial charge in [-0.2, -0.15) is 0 Å². The Labute approximate surface area is 305 Å². The molecule has 2 aromatic heterocycles. The monoisotopic (exact) mass is 674 g/mol. The molecule has 4 nitrogen and oxygen atoms in total. The number of aromatic nitrogens is 4. The molecule has 0 aliphatic rings. The number of hydrogen-bond donors (Lipinski definition) is 0. The van der Waals surface area contributed by atoms with E-state index in [-0.39, 0.29) is 0 Å². The zero-order valence-corrected chi connectivity index (χ0v) is 28.6. The highest BCUT2D eigenvalue weighted by Crippen LogP contribution is 2.43. The highest BCUT2D eigenvalue weighted by molar-refractivity contribution is 6.29. The van der Waals surface area contributed by atoms with Crippen molar-refractivity contribution >= 4 is 64.9 Å². The molecule has 0 amide bonds. The lowest BCUT2D eigenvalue weighted by atomic mass is 9.92. The second kappa shape index (κ2) is 11.7. The Kier molecular flexibility index (Phi) is 6.52. The van der Waals surface area contributed by atoms with Gasteiger partial charge in [-0.15, -0.1) is 0 Å². The molecule has 0 spiro atoms. The van der Waals surface area contributed by atoms with Gasteiger partial charge in [0.25, 0.3) is 0 Å². The summed E-state index contributed by atoms with van der Waals surface area (Å²) in [5.74, 6) is 1.95. The fourth-order valence-corrected chi connectivity index (χ4v) is 8.25. The van der Waals surface area contributed by atoms with Gasteiger partial charge in [0.2, 0.25) is 0 Å². The molecule has 53 heavy (non-hydrogen) atoms. The summed E-state index contributed by atoms with van der Waals surface area (Å²) >= 11 is 0. The molecular formula is C49H30N4. The molecule has 0 aliphatic heterocycles. The predicted molar refractivity (Wildman–Crippen MR) is 220 cm³/mol. The second-order valence-electron chi connectivity index (χ2n) is 13.6. The fraction of sp³-hybridized carbons (Fsp3) is 0. The van der Waals surface area contributed by atoms with Gasteiger partial charge in [-0.25, -0.2) is 15.0 Å². The quantitative estimate of drug-likeness (QED) is 0.175. The molecule has 0 radical (unpaired) electrons. The minimum absolute atomic E-state index is 0.645. The minimum Gasteiger partial charge on any atom is -0.309 e. The van der Waals surface area contributed by atoms with Gasteiger partial charge in [0, 0.05) is 32.8 Å². The minimum atomic E-state index is 0.645. The van der Waals surface area contributed by atoms with Crippen LogP contribution in [0.5, 0.6) is 0 Å².